The van der Waals surface area contributed by atoms with Gasteiger partial charge in [0.2, 0.25) is 5.91 Å². The zero-order valence-electron chi connectivity index (χ0n) is 21.7. The summed E-state index contributed by atoms with van der Waals surface area (Å²) >= 11 is 0. The van der Waals surface area contributed by atoms with Crippen LogP contribution in [0.5, 0.6) is 5.75 Å². The summed E-state index contributed by atoms with van der Waals surface area (Å²) in [4.78, 5) is 41.7. The molecule has 1 fully saturated rings. The summed E-state index contributed by atoms with van der Waals surface area (Å²) in [6.07, 6.45) is -2.29. The Hall–Kier alpha value is -3.46. The summed E-state index contributed by atoms with van der Waals surface area (Å²) in [6, 6.07) is 11.6. The number of aromatic hydroxyl groups is 1. The van der Waals surface area contributed by atoms with Crippen LogP contribution in [0.3, 0.4) is 0 Å². The minimum absolute atomic E-state index is 0.0106. The molecular weight excluding hydrogens is 479 g/mol. The van der Waals surface area contributed by atoms with Gasteiger partial charge in [-0.3, -0.25) is 9.69 Å². The van der Waals surface area contributed by atoms with Crippen LogP contribution in [0.15, 0.2) is 48.5 Å². The molecule has 8 nitrogen and oxygen atoms in total. The fourth-order valence-electron chi connectivity index (χ4n) is 4.61. The third-order valence-corrected chi connectivity index (χ3v) is 6.15. The van der Waals surface area contributed by atoms with E-state index in [1.54, 1.807) is 25.7 Å². The predicted molar refractivity (Wildman–Crippen MR) is 135 cm³/mol. The second kappa shape index (κ2) is 11.7. The van der Waals surface area contributed by atoms with E-state index in [1.165, 1.54) is 24.0 Å². The molecule has 3 atom stereocenters. The Morgan fingerprint density at radius 3 is 2.38 bits per heavy atom. The first-order chi connectivity index (χ1) is 17.3. The smallest absolute Gasteiger partial charge is 0.411 e. The number of phenols is 1. The highest BCUT2D eigenvalue weighted by molar-refractivity contribution is 5.88. The molecule has 200 valence electrons. The highest BCUT2D eigenvalue weighted by Gasteiger charge is 2.46. The zero-order chi connectivity index (χ0) is 27.3. The molecule has 0 saturated carbocycles. The number of rotatable bonds is 8. The highest BCUT2D eigenvalue weighted by Crippen LogP contribution is 2.28. The van der Waals surface area contributed by atoms with Crippen LogP contribution in [-0.4, -0.2) is 68.6 Å². The zero-order valence-corrected chi connectivity index (χ0v) is 21.7. The number of halogens is 1. The van der Waals surface area contributed by atoms with Crippen molar-refractivity contribution in [3.63, 3.8) is 0 Å². The molecule has 2 N–H and O–H groups in total. The Balaban J connectivity index is 1.95. The van der Waals surface area contributed by atoms with Gasteiger partial charge in [0.1, 0.15) is 29.0 Å². The van der Waals surface area contributed by atoms with Gasteiger partial charge in [-0.2, -0.15) is 0 Å². The van der Waals surface area contributed by atoms with E-state index >= 15 is 0 Å². The van der Waals surface area contributed by atoms with Crippen molar-refractivity contribution in [1.29, 1.82) is 0 Å². The fourth-order valence-corrected chi connectivity index (χ4v) is 4.61. The summed E-state index contributed by atoms with van der Waals surface area (Å²) < 4.78 is 19.4. The average molecular weight is 515 g/mol. The number of carbonyl (C=O) groups is 3. The van der Waals surface area contributed by atoms with Crippen molar-refractivity contribution in [3.05, 3.63) is 65.5 Å². The van der Waals surface area contributed by atoms with Gasteiger partial charge in [-0.25, -0.2) is 9.18 Å². The van der Waals surface area contributed by atoms with E-state index < -0.39 is 41.5 Å². The van der Waals surface area contributed by atoms with Gasteiger partial charge in [0.15, 0.2) is 0 Å². The molecule has 0 aliphatic carbocycles. The lowest BCUT2D eigenvalue weighted by atomic mass is 9.84. The molecule has 0 radical (unpaired) electrons. The molecule has 0 bridgehead atoms. The number of carbonyl (C=O) groups excluding carboxylic acids is 3. The van der Waals surface area contributed by atoms with Gasteiger partial charge in [0.05, 0.1) is 6.10 Å². The lowest BCUT2D eigenvalue weighted by Gasteiger charge is -2.44. The first kappa shape index (κ1) is 28.1. The summed E-state index contributed by atoms with van der Waals surface area (Å²) in [6.45, 7) is 7.14. The van der Waals surface area contributed by atoms with Crippen LogP contribution >= 0.6 is 0 Å². The number of nitrogens with zero attached hydrogens (tertiary/aromatic N) is 2. The predicted octanol–water partition coefficient (Wildman–Crippen LogP) is 3.68. The lowest BCUT2D eigenvalue weighted by molar-refractivity contribution is -0.150. The van der Waals surface area contributed by atoms with Gasteiger partial charge in [-0.1, -0.05) is 30.3 Å². The summed E-state index contributed by atoms with van der Waals surface area (Å²) in [7, 11) is 0. The normalized spacial score (nSPS) is 17.9. The van der Waals surface area contributed by atoms with Crippen LogP contribution in [0.25, 0.3) is 0 Å². The number of benzene rings is 2. The van der Waals surface area contributed by atoms with Crippen molar-refractivity contribution in [1.82, 2.24) is 9.80 Å². The number of piperazine rings is 1. The number of hydrogen-bond donors (Lipinski definition) is 2. The number of ketones is 1. The van der Waals surface area contributed by atoms with Crippen LogP contribution in [0, 0.1) is 11.7 Å². The van der Waals surface area contributed by atoms with E-state index in [0.29, 0.717) is 12.1 Å². The number of ether oxygens (including phenoxy) is 1. The molecule has 1 saturated heterocycles. The summed E-state index contributed by atoms with van der Waals surface area (Å²) in [5.41, 5.74) is 0.427. The van der Waals surface area contributed by atoms with Crippen LogP contribution in [0.4, 0.5) is 9.18 Å². The van der Waals surface area contributed by atoms with Crippen molar-refractivity contribution < 1.29 is 33.7 Å². The maximum atomic E-state index is 13.9. The first-order valence-electron chi connectivity index (χ1n) is 12.3. The van der Waals surface area contributed by atoms with Crippen LogP contribution in [0.2, 0.25) is 0 Å². The second-order valence-corrected chi connectivity index (χ2v) is 10.5. The number of amides is 2. The molecule has 2 aromatic rings. The van der Waals surface area contributed by atoms with E-state index in [-0.39, 0.29) is 37.5 Å². The van der Waals surface area contributed by atoms with Gasteiger partial charge in [0.25, 0.3) is 0 Å². The van der Waals surface area contributed by atoms with E-state index in [9.17, 15) is 29.0 Å². The fraction of sp³-hybridized carbons (Fsp3) is 0.464. The molecule has 37 heavy (non-hydrogen) atoms. The molecule has 0 spiro atoms. The molecule has 1 aliphatic heterocycles. The Bertz CT molecular complexity index is 1100. The Kier molecular flexibility index (Phi) is 8.91. The van der Waals surface area contributed by atoms with Gasteiger partial charge in [0, 0.05) is 32.1 Å². The van der Waals surface area contributed by atoms with Crippen molar-refractivity contribution in [2.45, 2.75) is 64.8 Å². The maximum absolute atomic E-state index is 13.9. The molecule has 0 unspecified atom stereocenters. The largest absolute Gasteiger partial charge is 0.508 e. The quantitative estimate of drug-likeness (QED) is 0.557. The van der Waals surface area contributed by atoms with Crippen molar-refractivity contribution in [2.75, 3.05) is 13.1 Å². The molecular formula is C28H35FN2O6. The molecule has 3 rings (SSSR count). The average Bonchev–Trinajstić information content (AvgIpc) is 2.78. The number of aliphatic hydroxyl groups excluding tert-OH is 1. The standard InChI is InChI=1S/C28H35FN2O6/c1-18(32)12-21(13-20-14-22(29)16-23(33)15-20)25(34)24-26(35)30(17-19-8-6-5-7-9-19)10-11-31(24)27(36)37-28(2,3)4/h5-9,14-16,21,24-25,33-34H,10-13,17H2,1-4H3/t21-,24-,25-/m0/s1. The molecule has 1 heterocycles. The van der Waals surface area contributed by atoms with E-state index in [1.807, 2.05) is 30.3 Å². The minimum Gasteiger partial charge on any atom is -0.508 e. The molecule has 9 heteroatoms. The second-order valence-electron chi connectivity index (χ2n) is 10.5. The van der Waals surface area contributed by atoms with Gasteiger partial charge >= 0.3 is 6.09 Å². The first-order valence-corrected chi connectivity index (χ1v) is 12.3. The number of hydrogen-bond acceptors (Lipinski definition) is 6. The monoisotopic (exact) mass is 514 g/mol. The number of Topliss-reactive ketones (excluding diaryl/α,β-unsaturated/α-hetero) is 1. The van der Waals surface area contributed by atoms with E-state index in [2.05, 4.69) is 0 Å². The van der Waals surface area contributed by atoms with E-state index in [0.717, 1.165) is 11.6 Å². The number of phenolic OH excluding ortho intramolecular Hbond substituents is 1. The lowest BCUT2D eigenvalue weighted by Crippen LogP contribution is -2.64. The summed E-state index contributed by atoms with van der Waals surface area (Å²) in [5.74, 6) is -2.48. The van der Waals surface area contributed by atoms with Crippen molar-refractivity contribution in [3.8, 4) is 5.75 Å². The Morgan fingerprint density at radius 2 is 1.78 bits per heavy atom. The Morgan fingerprint density at radius 1 is 1.11 bits per heavy atom. The molecule has 2 aromatic carbocycles. The minimum atomic E-state index is -1.45. The SMILES string of the molecule is CC(=O)C[C@@H](Cc1cc(O)cc(F)c1)[C@H](O)[C@H]1C(=O)N(Cc2ccccc2)CCN1C(=O)OC(C)(C)C. The van der Waals surface area contributed by atoms with Crippen LogP contribution in [0.1, 0.15) is 45.2 Å². The molecule has 0 aromatic heterocycles. The number of aliphatic hydroxyl groups is 1. The van der Waals surface area contributed by atoms with Crippen molar-refractivity contribution >= 4 is 17.8 Å². The highest BCUT2D eigenvalue weighted by atomic mass is 19.1. The van der Waals surface area contributed by atoms with Gasteiger partial charge < -0.3 is 24.6 Å². The van der Waals surface area contributed by atoms with Crippen molar-refractivity contribution in [2.24, 2.45) is 5.92 Å². The molecule has 1 aliphatic rings. The van der Waals surface area contributed by atoms with Gasteiger partial charge in [-0.05, 0) is 63.3 Å². The molecule has 2 amide bonds. The topological polar surface area (TPSA) is 107 Å². The Labute approximate surface area is 216 Å². The van der Waals surface area contributed by atoms with Gasteiger partial charge in [-0.15, -0.1) is 0 Å². The van der Waals surface area contributed by atoms with Crippen LogP contribution < -0.4 is 0 Å². The van der Waals surface area contributed by atoms with Crippen LogP contribution in [-0.2, 0) is 27.3 Å². The van der Waals surface area contributed by atoms with E-state index in [4.69, 9.17) is 4.74 Å². The maximum Gasteiger partial charge on any atom is 0.411 e. The third-order valence-electron chi connectivity index (χ3n) is 6.15. The summed E-state index contributed by atoms with van der Waals surface area (Å²) in [5, 5.41) is 21.4. The third kappa shape index (κ3) is 7.76.